The van der Waals surface area contributed by atoms with Crippen molar-refractivity contribution in [3.63, 3.8) is 0 Å². The zero-order chi connectivity index (χ0) is 15.1. The van der Waals surface area contributed by atoms with Crippen molar-refractivity contribution in [3.8, 4) is 0 Å². The Morgan fingerprint density at radius 3 is 1.95 bits per heavy atom. The van der Waals surface area contributed by atoms with Gasteiger partial charge in [-0.15, -0.1) is 0 Å². The van der Waals surface area contributed by atoms with E-state index < -0.39 is 0 Å². The van der Waals surface area contributed by atoms with Crippen LogP contribution in [-0.2, 0) is 6.42 Å². The first kappa shape index (κ1) is 16.5. The summed E-state index contributed by atoms with van der Waals surface area (Å²) in [6.45, 7) is 5.47. The van der Waals surface area contributed by atoms with E-state index in [9.17, 15) is 0 Å². The molecule has 21 heavy (non-hydrogen) atoms. The molecule has 0 aliphatic rings. The summed E-state index contributed by atoms with van der Waals surface area (Å²) in [5.74, 6) is 0. The molecule has 112 valence electrons. The van der Waals surface area contributed by atoms with E-state index in [2.05, 4.69) is 90.3 Å². The Morgan fingerprint density at radius 1 is 0.857 bits per heavy atom. The van der Waals surface area contributed by atoms with Gasteiger partial charge in [-0.05, 0) is 70.8 Å². The maximum absolute atomic E-state index is 3.67. The van der Waals surface area contributed by atoms with E-state index in [1.165, 1.54) is 26.7 Å². The van der Waals surface area contributed by atoms with E-state index in [0.29, 0.717) is 0 Å². The second-order valence-electron chi connectivity index (χ2n) is 5.43. The average Bonchev–Trinajstić information content (AvgIpc) is 2.51. The van der Waals surface area contributed by atoms with Crippen molar-refractivity contribution in [2.75, 3.05) is 6.54 Å². The standard InChI is InChI=1S/C19H24IN/c1-3-5-15-6-8-16(9-7-15)19(21-14-4-2)17-10-12-18(20)13-11-17/h6-13,19,21H,3-5,14H2,1-2H3. The highest BCUT2D eigenvalue weighted by Gasteiger charge is 2.13. The van der Waals surface area contributed by atoms with Gasteiger partial charge in [0.15, 0.2) is 0 Å². The number of benzene rings is 2. The van der Waals surface area contributed by atoms with Gasteiger partial charge in [-0.25, -0.2) is 0 Å². The monoisotopic (exact) mass is 393 g/mol. The molecule has 0 aliphatic carbocycles. The molecular weight excluding hydrogens is 369 g/mol. The fourth-order valence-electron chi connectivity index (χ4n) is 2.54. The first-order valence-electron chi connectivity index (χ1n) is 7.82. The van der Waals surface area contributed by atoms with E-state index in [4.69, 9.17) is 0 Å². The lowest BCUT2D eigenvalue weighted by molar-refractivity contribution is 0.598. The van der Waals surface area contributed by atoms with Crippen LogP contribution < -0.4 is 5.32 Å². The van der Waals surface area contributed by atoms with E-state index in [1.54, 1.807) is 0 Å². The topological polar surface area (TPSA) is 12.0 Å². The van der Waals surface area contributed by atoms with Crippen LogP contribution in [0.3, 0.4) is 0 Å². The molecule has 1 unspecified atom stereocenters. The summed E-state index contributed by atoms with van der Waals surface area (Å²) in [5.41, 5.74) is 4.12. The molecule has 0 spiro atoms. The Hall–Kier alpha value is -0.870. The van der Waals surface area contributed by atoms with Crippen LogP contribution >= 0.6 is 22.6 Å². The van der Waals surface area contributed by atoms with Gasteiger partial charge in [-0.3, -0.25) is 0 Å². The number of hydrogen-bond donors (Lipinski definition) is 1. The molecule has 0 fully saturated rings. The van der Waals surface area contributed by atoms with Gasteiger partial charge in [-0.1, -0.05) is 56.7 Å². The number of nitrogens with one attached hydrogen (secondary N) is 1. The number of rotatable bonds is 7. The highest BCUT2D eigenvalue weighted by Crippen LogP contribution is 2.23. The van der Waals surface area contributed by atoms with Crippen molar-refractivity contribution in [2.24, 2.45) is 0 Å². The molecule has 0 saturated heterocycles. The highest BCUT2D eigenvalue weighted by molar-refractivity contribution is 14.1. The van der Waals surface area contributed by atoms with E-state index >= 15 is 0 Å². The Bertz CT molecular complexity index is 530. The summed E-state index contributed by atoms with van der Waals surface area (Å²) in [4.78, 5) is 0. The molecule has 0 saturated carbocycles. The lowest BCUT2D eigenvalue weighted by atomic mass is 9.97. The SMILES string of the molecule is CCCNC(c1ccc(I)cc1)c1ccc(CCC)cc1. The van der Waals surface area contributed by atoms with Gasteiger partial charge in [0.05, 0.1) is 6.04 Å². The van der Waals surface area contributed by atoms with Crippen LogP contribution in [0.5, 0.6) is 0 Å². The van der Waals surface area contributed by atoms with Crippen LogP contribution in [0.15, 0.2) is 48.5 Å². The summed E-state index contributed by atoms with van der Waals surface area (Å²) in [7, 11) is 0. The first-order valence-corrected chi connectivity index (χ1v) is 8.90. The zero-order valence-corrected chi connectivity index (χ0v) is 15.1. The van der Waals surface area contributed by atoms with Crippen molar-refractivity contribution >= 4 is 22.6 Å². The van der Waals surface area contributed by atoms with Crippen LogP contribution in [0.2, 0.25) is 0 Å². The predicted octanol–water partition coefficient (Wildman–Crippen LogP) is 5.33. The third-order valence-electron chi connectivity index (χ3n) is 3.65. The summed E-state index contributed by atoms with van der Waals surface area (Å²) in [5, 5.41) is 3.67. The lowest BCUT2D eigenvalue weighted by Gasteiger charge is -2.20. The van der Waals surface area contributed by atoms with Crippen molar-refractivity contribution in [1.82, 2.24) is 5.32 Å². The smallest absolute Gasteiger partial charge is 0.0576 e. The van der Waals surface area contributed by atoms with Gasteiger partial charge in [0.25, 0.3) is 0 Å². The van der Waals surface area contributed by atoms with Gasteiger partial charge in [0, 0.05) is 3.57 Å². The van der Waals surface area contributed by atoms with Crippen molar-refractivity contribution < 1.29 is 0 Å². The Labute approximate surface area is 142 Å². The summed E-state index contributed by atoms with van der Waals surface area (Å²) in [6, 6.07) is 18.2. The quantitative estimate of drug-likeness (QED) is 0.627. The maximum Gasteiger partial charge on any atom is 0.0576 e. The summed E-state index contributed by atoms with van der Waals surface area (Å²) < 4.78 is 1.28. The van der Waals surface area contributed by atoms with E-state index in [1.807, 2.05) is 0 Å². The number of hydrogen-bond acceptors (Lipinski definition) is 1. The van der Waals surface area contributed by atoms with Crippen molar-refractivity contribution in [3.05, 3.63) is 68.8 Å². The molecule has 0 radical (unpaired) electrons. The molecule has 1 nitrogen and oxygen atoms in total. The van der Waals surface area contributed by atoms with Gasteiger partial charge < -0.3 is 5.32 Å². The largest absolute Gasteiger partial charge is 0.306 e. The molecule has 2 rings (SSSR count). The molecule has 2 aromatic carbocycles. The summed E-state index contributed by atoms with van der Waals surface area (Å²) in [6.07, 6.45) is 3.51. The van der Waals surface area contributed by atoms with Crippen LogP contribution in [0.1, 0.15) is 49.4 Å². The molecule has 1 atom stereocenters. The Balaban J connectivity index is 2.24. The summed E-state index contributed by atoms with van der Waals surface area (Å²) >= 11 is 2.36. The third kappa shape index (κ3) is 4.82. The second kappa shape index (κ2) is 8.54. The van der Waals surface area contributed by atoms with Gasteiger partial charge in [0.1, 0.15) is 0 Å². The second-order valence-corrected chi connectivity index (χ2v) is 6.68. The van der Waals surface area contributed by atoms with E-state index in [0.717, 1.165) is 19.4 Å². The first-order chi connectivity index (χ1) is 10.2. The van der Waals surface area contributed by atoms with Gasteiger partial charge in [-0.2, -0.15) is 0 Å². The zero-order valence-electron chi connectivity index (χ0n) is 12.9. The predicted molar refractivity (Wildman–Crippen MR) is 99.7 cm³/mol. The fraction of sp³-hybridized carbons (Fsp3) is 0.368. The van der Waals surface area contributed by atoms with Crippen molar-refractivity contribution in [2.45, 2.75) is 39.2 Å². The van der Waals surface area contributed by atoms with Gasteiger partial charge >= 0.3 is 0 Å². The molecular formula is C19H24IN. The molecule has 2 heteroatoms. The Kier molecular flexibility index (Phi) is 6.71. The molecule has 1 N–H and O–H groups in total. The van der Waals surface area contributed by atoms with Crippen LogP contribution in [0.25, 0.3) is 0 Å². The van der Waals surface area contributed by atoms with Gasteiger partial charge in [0.2, 0.25) is 0 Å². The van der Waals surface area contributed by atoms with E-state index in [-0.39, 0.29) is 6.04 Å². The molecule has 0 heterocycles. The Morgan fingerprint density at radius 2 is 1.43 bits per heavy atom. The molecule has 0 amide bonds. The van der Waals surface area contributed by atoms with Crippen LogP contribution in [0, 0.1) is 3.57 Å². The van der Waals surface area contributed by atoms with Crippen LogP contribution in [-0.4, -0.2) is 6.54 Å². The minimum Gasteiger partial charge on any atom is -0.306 e. The molecule has 0 aliphatic heterocycles. The lowest BCUT2D eigenvalue weighted by Crippen LogP contribution is -2.23. The highest BCUT2D eigenvalue weighted by atomic mass is 127. The molecule has 0 aromatic heterocycles. The molecule has 0 bridgehead atoms. The normalized spacial score (nSPS) is 12.3. The van der Waals surface area contributed by atoms with Crippen LogP contribution in [0.4, 0.5) is 0 Å². The average molecular weight is 393 g/mol. The maximum atomic E-state index is 3.67. The fourth-order valence-corrected chi connectivity index (χ4v) is 2.90. The number of aryl methyl sites for hydroxylation is 1. The minimum absolute atomic E-state index is 0.289. The minimum atomic E-state index is 0.289. The van der Waals surface area contributed by atoms with Crippen molar-refractivity contribution in [1.29, 1.82) is 0 Å². The number of halogens is 1. The third-order valence-corrected chi connectivity index (χ3v) is 4.37. The molecule has 2 aromatic rings.